The number of hydrogen-bond acceptors (Lipinski definition) is 5. The number of fused-ring (bicyclic) bond motifs is 2. The Labute approximate surface area is 141 Å². The van der Waals surface area contributed by atoms with Crippen molar-refractivity contribution in [1.82, 2.24) is 19.6 Å². The fourth-order valence-electron chi connectivity index (χ4n) is 6.25. The van der Waals surface area contributed by atoms with E-state index in [0.717, 1.165) is 37.6 Å². The molecule has 5 heteroatoms. The van der Waals surface area contributed by atoms with Crippen LogP contribution in [0.3, 0.4) is 0 Å². The van der Waals surface area contributed by atoms with Crippen LogP contribution in [0, 0.1) is 11.8 Å². The van der Waals surface area contributed by atoms with Crippen molar-refractivity contribution < 1.29 is 4.74 Å². The number of hydrogen-bond donors (Lipinski definition) is 0. The monoisotopic (exact) mass is 322 g/mol. The summed E-state index contributed by atoms with van der Waals surface area (Å²) in [5.41, 5.74) is 0.216. The van der Waals surface area contributed by atoms with Crippen LogP contribution in [0.1, 0.15) is 13.3 Å². The van der Waals surface area contributed by atoms with Gasteiger partial charge in [-0.3, -0.25) is 4.90 Å². The van der Waals surface area contributed by atoms with Crippen LogP contribution in [0.25, 0.3) is 0 Å². The second-order valence-corrected chi connectivity index (χ2v) is 8.72. The number of likely N-dealkylation sites (N-methyl/N-ethyl adjacent to an activating group) is 3. The number of piperazine rings is 1. The second-order valence-electron chi connectivity index (χ2n) is 8.72. The van der Waals surface area contributed by atoms with E-state index in [9.17, 15) is 0 Å². The molecule has 0 saturated carbocycles. The Bertz CT molecular complexity index is 447. The number of likely N-dealkylation sites (tertiary alicyclic amines) is 2. The van der Waals surface area contributed by atoms with Gasteiger partial charge in [0.25, 0.3) is 0 Å². The lowest BCUT2D eigenvalue weighted by atomic mass is 9.68. The summed E-state index contributed by atoms with van der Waals surface area (Å²) in [5.74, 6) is 1.56. The molecule has 0 amide bonds. The molecule has 4 aliphatic rings. The largest absolute Gasteiger partial charge is 0.378 e. The SMILES string of the molecule is C[C@@H]1CN(C)C[C@@]2(C3CN(C)CC4C3CCN4C)COCCN12. The van der Waals surface area contributed by atoms with Crippen LogP contribution in [0.4, 0.5) is 0 Å². The fourth-order valence-corrected chi connectivity index (χ4v) is 6.25. The van der Waals surface area contributed by atoms with Gasteiger partial charge in [-0.1, -0.05) is 0 Å². The topological polar surface area (TPSA) is 22.2 Å². The van der Waals surface area contributed by atoms with Crippen LogP contribution in [-0.2, 0) is 4.74 Å². The quantitative estimate of drug-likeness (QED) is 0.689. The summed E-state index contributed by atoms with van der Waals surface area (Å²) in [4.78, 5) is 10.6. The van der Waals surface area contributed by atoms with E-state index in [1.807, 2.05) is 0 Å². The molecule has 0 aliphatic carbocycles. The summed E-state index contributed by atoms with van der Waals surface area (Å²) in [7, 11) is 6.94. The molecule has 0 radical (unpaired) electrons. The smallest absolute Gasteiger partial charge is 0.0667 e. The third-order valence-corrected chi connectivity index (χ3v) is 7.14. The van der Waals surface area contributed by atoms with Gasteiger partial charge in [-0.05, 0) is 52.9 Å². The Kier molecular flexibility index (Phi) is 4.21. The molecule has 0 aromatic heterocycles. The van der Waals surface area contributed by atoms with E-state index in [0.29, 0.717) is 6.04 Å². The van der Waals surface area contributed by atoms with Crippen molar-refractivity contribution in [3.63, 3.8) is 0 Å². The Morgan fingerprint density at radius 1 is 1.00 bits per heavy atom. The minimum absolute atomic E-state index is 0.216. The average Bonchev–Trinajstić information content (AvgIpc) is 2.87. The molecule has 4 heterocycles. The zero-order valence-electron chi connectivity index (χ0n) is 15.4. The Morgan fingerprint density at radius 2 is 1.83 bits per heavy atom. The maximum absolute atomic E-state index is 6.10. The first kappa shape index (κ1) is 16.3. The van der Waals surface area contributed by atoms with Crippen molar-refractivity contribution in [3.05, 3.63) is 0 Å². The van der Waals surface area contributed by atoms with E-state index in [-0.39, 0.29) is 5.54 Å². The van der Waals surface area contributed by atoms with E-state index in [2.05, 4.69) is 47.7 Å². The van der Waals surface area contributed by atoms with Crippen LogP contribution in [0.15, 0.2) is 0 Å². The molecule has 4 saturated heterocycles. The van der Waals surface area contributed by atoms with Gasteiger partial charge in [0.05, 0.1) is 18.8 Å². The summed E-state index contributed by atoms with van der Waals surface area (Å²) < 4.78 is 6.10. The molecule has 132 valence electrons. The van der Waals surface area contributed by atoms with Crippen molar-refractivity contribution >= 4 is 0 Å². The van der Waals surface area contributed by atoms with Crippen LogP contribution in [-0.4, -0.2) is 111 Å². The average molecular weight is 322 g/mol. The fraction of sp³-hybridized carbons (Fsp3) is 1.00. The summed E-state index contributed by atoms with van der Waals surface area (Å²) in [5, 5.41) is 0. The van der Waals surface area contributed by atoms with Crippen LogP contribution < -0.4 is 0 Å². The lowest BCUT2D eigenvalue weighted by Crippen LogP contribution is -2.75. The summed E-state index contributed by atoms with van der Waals surface area (Å²) in [6.45, 7) is 11.5. The lowest BCUT2D eigenvalue weighted by Gasteiger charge is -2.61. The Morgan fingerprint density at radius 3 is 2.65 bits per heavy atom. The van der Waals surface area contributed by atoms with Crippen molar-refractivity contribution in [2.24, 2.45) is 11.8 Å². The first-order chi connectivity index (χ1) is 11.0. The predicted molar refractivity (Wildman–Crippen MR) is 92.7 cm³/mol. The molecule has 0 N–H and O–H groups in total. The standard InChI is InChI=1S/C18H34N4O/c1-14-9-20(3)12-18(13-23-8-7-22(14)18)16-10-19(2)11-17-15(16)5-6-21(17)4/h14-17H,5-13H2,1-4H3/t14-,15?,16?,17?,18+/m1/s1. The number of morpholine rings is 1. The highest BCUT2D eigenvalue weighted by Gasteiger charge is 2.56. The predicted octanol–water partition coefficient (Wildman–Crippen LogP) is 0.273. The molecule has 23 heavy (non-hydrogen) atoms. The van der Waals surface area contributed by atoms with Gasteiger partial charge in [0.15, 0.2) is 0 Å². The van der Waals surface area contributed by atoms with Crippen molar-refractivity contribution in [3.8, 4) is 0 Å². The highest BCUT2D eigenvalue weighted by Crippen LogP contribution is 2.45. The number of ether oxygens (including phenoxy) is 1. The maximum Gasteiger partial charge on any atom is 0.0667 e. The van der Waals surface area contributed by atoms with Crippen LogP contribution >= 0.6 is 0 Å². The molecule has 4 rings (SSSR count). The van der Waals surface area contributed by atoms with Gasteiger partial charge < -0.3 is 19.4 Å². The minimum Gasteiger partial charge on any atom is -0.378 e. The van der Waals surface area contributed by atoms with E-state index >= 15 is 0 Å². The van der Waals surface area contributed by atoms with Crippen molar-refractivity contribution in [2.45, 2.75) is 31.0 Å². The molecule has 0 bridgehead atoms. The Balaban J connectivity index is 1.69. The van der Waals surface area contributed by atoms with E-state index in [1.165, 1.54) is 39.1 Å². The summed E-state index contributed by atoms with van der Waals surface area (Å²) in [6.07, 6.45) is 1.37. The van der Waals surface area contributed by atoms with Gasteiger partial charge in [-0.25, -0.2) is 0 Å². The van der Waals surface area contributed by atoms with Gasteiger partial charge >= 0.3 is 0 Å². The zero-order valence-corrected chi connectivity index (χ0v) is 15.4. The molecule has 0 aromatic carbocycles. The zero-order chi connectivity index (χ0) is 16.2. The van der Waals surface area contributed by atoms with Crippen LogP contribution in [0.2, 0.25) is 0 Å². The molecule has 5 nitrogen and oxygen atoms in total. The first-order valence-electron chi connectivity index (χ1n) is 9.43. The molecule has 5 atom stereocenters. The molecule has 0 aromatic rings. The molecule has 3 unspecified atom stereocenters. The van der Waals surface area contributed by atoms with Gasteiger partial charge in [0.1, 0.15) is 0 Å². The minimum atomic E-state index is 0.216. The Hall–Kier alpha value is -0.200. The van der Waals surface area contributed by atoms with Gasteiger partial charge in [-0.2, -0.15) is 0 Å². The highest BCUT2D eigenvalue weighted by atomic mass is 16.5. The van der Waals surface area contributed by atoms with Crippen molar-refractivity contribution in [1.29, 1.82) is 0 Å². The van der Waals surface area contributed by atoms with Gasteiger partial charge in [0.2, 0.25) is 0 Å². The third kappa shape index (κ3) is 2.56. The molecular weight excluding hydrogens is 288 g/mol. The van der Waals surface area contributed by atoms with E-state index in [4.69, 9.17) is 4.74 Å². The number of piperidine rings is 1. The molecular formula is C18H34N4O. The summed E-state index contributed by atoms with van der Waals surface area (Å²) in [6, 6.07) is 1.38. The maximum atomic E-state index is 6.10. The van der Waals surface area contributed by atoms with Crippen molar-refractivity contribution in [2.75, 3.05) is 73.6 Å². The van der Waals surface area contributed by atoms with Crippen LogP contribution in [0.5, 0.6) is 0 Å². The molecule has 0 spiro atoms. The summed E-state index contributed by atoms with van der Waals surface area (Å²) >= 11 is 0. The van der Waals surface area contributed by atoms with Gasteiger partial charge in [0, 0.05) is 44.8 Å². The number of nitrogens with zero attached hydrogens (tertiary/aromatic N) is 4. The molecule has 4 aliphatic heterocycles. The third-order valence-electron chi connectivity index (χ3n) is 7.14. The normalized spacial score (nSPS) is 47.5. The lowest BCUT2D eigenvalue weighted by molar-refractivity contribution is -0.169. The van der Waals surface area contributed by atoms with E-state index in [1.54, 1.807) is 0 Å². The first-order valence-corrected chi connectivity index (χ1v) is 9.43. The number of rotatable bonds is 1. The highest BCUT2D eigenvalue weighted by molar-refractivity contribution is 5.11. The van der Waals surface area contributed by atoms with E-state index < -0.39 is 0 Å². The molecule has 4 fully saturated rings. The van der Waals surface area contributed by atoms with Gasteiger partial charge in [-0.15, -0.1) is 0 Å². The second kappa shape index (κ2) is 5.95.